The Kier molecular flexibility index (Phi) is 5.25. The van der Waals surface area contributed by atoms with Crippen molar-refractivity contribution in [1.29, 1.82) is 0 Å². The molecule has 2 amide bonds. The van der Waals surface area contributed by atoms with Crippen LogP contribution in [0.4, 0.5) is 5.95 Å². The molecule has 2 saturated heterocycles. The molecule has 2 fully saturated rings. The van der Waals surface area contributed by atoms with E-state index in [0.717, 1.165) is 51.5 Å². The van der Waals surface area contributed by atoms with Crippen LogP contribution in [0, 0.1) is 11.3 Å². The summed E-state index contributed by atoms with van der Waals surface area (Å²) in [6, 6.07) is 0. The van der Waals surface area contributed by atoms with Crippen molar-refractivity contribution >= 4 is 17.8 Å². The monoisotopic (exact) mass is 361 g/mol. The van der Waals surface area contributed by atoms with E-state index in [0.29, 0.717) is 6.54 Å². The van der Waals surface area contributed by atoms with Crippen molar-refractivity contribution in [2.75, 3.05) is 44.2 Å². The normalized spacial score (nSPS) is 21.8. The van der Waals surface area contributed by atoms with Crippen molar-refractivity contribution in [3.05, 3.63) is 12.4 Å². The van der Waals surface area contributed by atoms with Gasteiger partial charge < -0.3 is 19.3 Å². The van der Waals surface area contributed by atoms with Crippen LogP contribution in [0.3, 0.4) is 0 Å². The third-order valence-corrected chi connectivity index (χ3v) is 5.37. The first-order valence-corrected chi connectivity index (χ1v) is 9.58. The SMILES string of the molecule is Cn1ccnc1N1CCN(C(=O)[C@@H]2CCCN(C(=O)C(C)(C)C)C2)CC1. The molecule has 3 rings (SSSR count). The van der Waals surface area contributed by atoms with Gasteiger partial charge in [0.2, 0.25) is 17.8 Å². The van der Waals surface area contributed by atoms with Crippen LogP contribution in [0.1, 0.15) is 33.6 Å². The third kappa shape index (κ3) is 3.86. The van der Waals surface area contributed by atoms with Crippen molar-refractivity contribution in [2.45, 2.75) is 33.6 Å². The summed E-state index contributed by atoms with van der Waals surface area (Å²) in [6.45, 7) is 10.2. The van der Waals surface area contributed by atoms with Gasteiger partial charge in [-0.05, 0) is 12.8 Å². The average Bonchev–Trinajstić information content (AvgIpc) is 3.06. The number of aryl methyl sites for hydroxylation is 1. The quantitative estimate of drug-likeness (QED) is 0.798. The zero-order chi connectivity index (χ0) is 18.9. The molecule has 2 aliphatic heterocycles. The van der Waals surface area contributed by atoms with Gasteiger partial charge in [0.15, 0.2) is 0 Å². The molecule has 0 spiro atoms. The van der Waals surface area contributed by atoms with Gasteiger partial charge in [-0.1, -0.05) is 20.8 Å². The molecule has 3 heterocycles. The second-order valence-corrected chi connectivity index (χ2v) is 8.49. The minimum Gasteiger partial charge on any atom is -0.341 e. The van der Waals surface area contributed by atoms with Crippen LogP contribution in [0.15, 0.2) is 12.4 Å². The largest absolute Gasteiger partial charge is 0.341 e. The summed E-state index contributed by atoms with van der Waals surface area (Å²) >= 11 is 0. The van der Waals surface area contributed by atoms with Crippen LogP contribution in [0.5, 0.6) is 0 Å². The Bertz CT molecular complexity index is 655. The minimum absolute atomic E-state index is 0.0604. The lowest BCUT2D eigenvalue weighted by molar-refractivity contribution is -0.145. The Morgan fingerprint density at radius 1 is 1.08 bits per heavy atom. The Morgan fingerprint density at radius 2 is 1.77 bits per heavy atom. The molecule has 2 aliphatic rings. The molecule has 144 valence electrons. The lowest BCUT2D eigenvalue weighted by Gasteiger charge is -2.40. The molecule has 26 heavy (non-hydrogen) atoms. The molecule has 0 unspecified atom stereocenters. The number of imidazole rings is 1. The van der Waals surface area contributed by atoms with Crippen molar-refractivity contribution in [1.82, 2.24) is 19.4 Å². The van der Waals surface area contributed by atoms with E-state index in [4.69, 9.17) is 0 Å². The second kappa shape index (κ2) is 7.29. The zero-order valence-corrected chi connectivity index (χ0v) is 16.4. The Hall–Kier alpha value is -2.05. The molecular weight excluding hydrogens is 330 g/mol. The zero-order valence-electron chi connectivity index (χ0n) is 16.4. The highest BCUT2D eigenvalue weighted by atomic mass is 16.2. The fourth-order valence-corrected chi connectivity index (χ4v) is 3.89. The number of likely N-dealkylation sites (tertiary alicyclic amines) is 1. The number of aromatic nitrogens is 2. The van der Waals surface area contributed by atoms with E-state index in [-0.39, 0.29) is 17.7 Å². The van der Waals surface area contributed by atoms with Crippen molar-refractivity contribution in [3.8, 4) is 0 Å². The van der Waals surface area contributed by atoms with Gasteiger partial charge >= 0.3 is 0 Å². The number of carbonyl (C=O) groups excluding carboxylic acids is 2. The van der Waals surface area contributed by atoms with Gasteiger partial charge in [-0.3, -0.25) is 9.59 Å². The standard InChI is InChI=1S/C19H31N5O2/c1-19(2,3)17(26)24-8-5-6-15(14-24)16(25)22-10-12-23(13-11-22)18-20-7-9-21(18)4/h7,9,15H,5-6,8,10-14H2,1-4H3/t15-/m1/s1. The minimum atomic E-state index is -0.390. The first kappa shape index (κ1) is 18.7. The number of rotatable bonds is 2. The molecule has 0 N–H and O–H groups in total. The van der Waals surface area contributed by atoms with Crippen LogP contribution >= 0.6 is 0 Å². The molecule has 0 aromatic carbocycles. The summed E-state index contributed by atoms with van der Waals surface area (Å²) in [5, 5.41) is 0. The second-order valence-electron chi connectivity index (χ2n) is 8.49. The topological polar surface area (TPSA) is 61.7 Å². The van der Waals surface area contributed by atoms with Gasteiger partial charge in [0, 0.05) is 64.1 Å². The average molecular weight is 361 g/mol. The molecular formula is C19H31N5O2. The molecule has 1 atom stereocenters. The maximum Gasteiger partial charge on any atom is 0.227 e. The third-order valence-electron chi connectivity index (χ3n) is 5.37. The lowest BCUT2D eigenvalue weighted by atomic mass is 9.90. The van der Waals surface area contributed by atoms with Crippen LogP contribution < -0.4 is 4.90 Å². The van der Waals surface area contributed by atoms with Gasteiger partial charge in [0.25, 0.3) is 0 Å². The molecule has 0 bridgehead atoms. The van der Waals surface area contributed by atoms with Gasteiger partial charge in [0.1, 0.15) is 0 Å². The Labute approximate surface area is 156 Å². The van der Waals surface area contributed by atoms with Gasteiger partial charge in [0.05, 0.1) is 5.92 Å². The Morgan fingerprint density at radius 3 is 2.35 bits per heavy atom. The number of anilines is 1. The number of amides is 2. The van der Waals surface area contributed by atoms with E-state index in [1.165, 1.54) is 0 Å². The molecule has 7 nitrogen and oxygen atoms in total. The van der Waals surface area contributed by atoms with Gasteiger partial charge in [-0.15, -0.1) is 0 Å². The van der Waals surface area contributed by atoms with Gasteiger partial charge in [-0.2, -0.15) is 0 Å². The summed E-state index contributed by atoms with van der Waals surface area (Å²) in [5.41, 5.74) is -0.390. The summed E-state index contributed by atoms with van der Waals surface area (Å²) in [7, 11) is 1.99. The van der Waals surface area contributed by atoms with Gasteiger partial charge in [-0.25, -0.2) is 4.98 Å². The maximum atomic E-state index is 13.0. The fraction of sp³-hybridized carbons (Fsp3) is 0.737. The van der Waals surface area contributed by atoms with Crippen LogP contribution in [0.25, 0.3) is 0 Å². The highest BCUT2D eigenvalue weighted by Gasteiger charge is 2.35. The number of hydrogen-bond donors (Lipinski definition) is 0. The van der Waals surface area contributed by atoms with E-state index in [9.17, 15) is 9.59 Å². The highest BCUT2D eigenvalue weighted by Crippen LogP contribution is 2.25. The molecule has 0 radical (unpaired) electrons. The molecule has 1 aromatic rings. The number of carbonyl (C=O) groups is 2. The summed E-state index contributed by atoms with van der Waals surface area (Å²) in [5.74, 6) is 1.25. The van der Waals surface area contributed by atoms with E-state index < -0.39 is 5.41 Å². The first-order chi connectivity index (χ1) is 12.3. The number of piperazine rings is 1. The smallest absolute Gasteiger partial charge is 0.227 e. The van der Waals surface area contributed by atoms with E-state index in [2.05, 4.69) is 9.88 Å². The molecule has 0 aliphatic carbocycles. The van der Waals surface area contributed by atoms with Crippen molar-refractivity contribution in [3.63, 3.8) is 0 Å². The number of nitrogens with zero attached hydrogens (tertiary/aromatic N) is 5. The maximum absolute atomic E-state index is 13.0. The van der Waals surface area contributed by atoms with Crippen molar-refractivity contribution < 1.29 is 9.59 Å². The molecule has 0 saturated carbocycles. The number of hydrogen-bond acceptors (Lipinski definition) is 4. The fourth-order valence-electron chi connectivity index (χ4n) is 3.89. The van der Waals surface area contributed by atoms with Crippen molar-refractivity contribution in [2.24, 2.45) is 18.4 Å². The van der Waals surface area contributed by atoms with Crippen LogP contribution in [0.2, 0.25) is 0 Å². The summed E-state index contributed by atoms with van der Waals surface area (Å²) in [6.07, 6.45) is 5.53. The predicted octanol–water partition coefficient (Wildman–Crippen LogP) is 1.35. The molecule has 1 aromatic heterocycles. The van der Waals surface area contributed by atoms with E-state index in [1.807, 2.05) is 48.4 Å². The van der Waals surface area contributed by atoms with Crippen LogP contribution in [-0.2, 0) is 16.6 Å². The first-order valence-electron chi connectivity index (χ1n) is 9.58. The van der Waals surface area contributed by atoms with Crippen LogP contribution in [-0.4, -0.2) is 70.4 Å². The Balaban J connectivity index is 1.56. The summed E-state index contributed by atoms with van der Waals surface area (Å²) in [4.78, 5) is 36.0. The number of piperidine rings is 1. The predicted molar refractivity (Wildman–Crippen MR) is 101 cm³/mol. The van der Waals surface area contributed by atoms with E-state index in [1.54, 1.807) is 6.20 Å². The summed E-state index contributed by atoms with van der Waals surface area (Å²) < 4.78 is 2.01. The highest BCUT2D eigenvalue weighted by molar-refractivity contribution is 5.84. The lowest BCUT2D eigenvalue weighted by Crippen LogP contribution is -2.54. The van der Waals surface area contributed by atoms with E-state index >= 15 is 0 Å². The molecule has 7 heteroatoms.